The first-order chi connectivity index (χ1) is 18.4. The van der Waals surface area contributed by atoms with Gasteiger partial charge in [-0.1, -0.05) is 76.6 Å². The Balaban J connectivity index is 1.51. The lowest BCUT2D eigenvalue weighted by Gasteiger charge is -2.52. The second-order valence-corrected chi connectivity index (χ2v) is 11.4. The van der Waals surface area contributed by atoms with Gasteiger partial charge in [-0.15, -0.1) is 0 Å². The molecule has 1 saturated heterocycles. The molecule has 4 aromatic carbocycles. The van der Waals surface area contributed by atoms with Crippen LogP contribution in [0, 0.1) is 25.7 Å². The summed E-state index contributed by atoms with van der Waals surface area (Å²) in [6.45, 7) is 4.15. The average molecular weight is 561 g/mol. The minimum absolute atomic E-state index is 0.138. The van der Waals surface area contributed by atoms with Crippen LogP contribution in [-0.4, -0.2) is 18.0 Å². The van der Waals surface area contributed by atoms with Crippen molar-refractivity contribution in [2.45, 2.75) is 25.2 Å². The lowest BCUT2D eigenvalue weighted by atomic mass is 9.47. The fourth-order valence-corrected chi connectivity index (χ4v) is 7.21. The van der Waals surface area contributed by atoms with Gasteiger partial charge >= 0.3 is 0 Å². The molecule has 0 unspecified atom stereocenters. The Bertz CT molecular complexity index is 1630. The van der Waals surface area contributed by atoms with E-state index in [-0.39, 0.29) is 17.7 Å². The number of carbonyl (C=O) groups is 2. The maximum Gasteiger partial charge on any atom is 0.239 e. The normalized spacial score (nSPS) is 25.0. The van der Waals surface area contributed by atoms with Gasteiger partial charge in [0, 0.05) is 16.6 Å². The Labute approximate surface area is 230 Å². The van der Waals surface area contributed by atoms with E-state index in [2.05, 4.69) is 60.1 Å². The maximum atomic E-state index is 14.4. The van der Waals surface area contributed by atoms with Gasteiger partial charge in [-0.2, -0.15) is 0 Å². The van der Waals surface area contributed by atoms with Crippen LogP contribution in [0.3, 0.4) is 0 Å². The summed E-state index contributed by atoms with van der Waals surface area (Å²) in [6.07, 6.45) is 1.97. The molecule has 1 aliphatic heterocycles. The number of halogens is 1. The highest BCUT2D eigenvalue weighted by Gasteiger charge is 2.67. The first kappa shape index (κ1) is 23.3. The zero-order valence-electron chi connectivity index (χ0n) is 21.1. The van der Waals surface area contributed by atoms with E-state index < -0.39 is 17.3 Å². The van der Waals surface area contributed by atoms with Crippen molar-refractivity contribution in [1.82, 2.24) is 0 Å². The molecule has 0 N–H and O–H groups in total. The molecule has 4 aliphatic rings. The van der Waals surface area contributed by atoms with Gasteiger partial charge in [0.15, 0.2) is 0 Å². The molecular weight excluding hydrogens is 536 g/mol. The van der Waals surface area contributed by atoms with Crippen LogP contribution in [0.5, 0.6) is 0 Å². The zero-order valence-corrected chi connectivity index (χ0v) is 22.6. The third-order valence-electron chi connectivity index (χ3n) is 8.75. The maximum absolute atomic E-state index is 14.4. The van der Waals surface area contributed by atoms with Gasteiger partial charge < -0.3 is 0 Å². The molecular formula is C33H25BrN2O2. The van der Waals surface area contributed by atoms with Crippen molar-refractivity contribution in [3.63, 3.8) is 0 Å². The number of hydrogen-bond acceptors (Lipinski definition) is 3. The zero-order chi connectivity index (χ0) is 26.2. The van der Waals surface area contributed by atoms with Crippen LogP contribution in [-0.2, 0) is 15.0 Å². The topological polar surface area (TPSA) is 49.7 Å². The van der Waals surface area contributed by atoms with Gasteiger partial charge in [0.25, 0.3) is 0 Å². The molecule has 0 saturated carbocycles. The average Bonchev–Trinajstić information content (AvgIpc) is 3.21. The van der Waals surface area contributed by atoms with E-state index in [1.165, 1.54) is 4.90 Å². The van der Waals surface area contributed by atoms with Gasteiger partial charge in [0.05, 0.1) is 28.6 Å². The van der Waals surface area contributed by atoms with E-state index in [1.807, 2.05) is 66.9 Å². The third-order valence-corrected chi connectivity index (χ3v) is 9.28. The van der Waals surface area contributed by atoms with Crippen LogP contribution in [0.15, 0.2) is 100 Å². The van der Waals surface area contributed by atoms with Crippen LogP contribution in [0.2, 0.25) is 0 Å². The van der Waals surface area contributed by atoms with Crippen molar-refractivity contribution in [1.29, 1.82) is 0 Å². The van der Waals surface area contributed by atoms with Crippen molar-refractivity contribution in [2.24, 2.45) is 16.8 Å². The fraction of sp³-hybridized carbons (Fsp3) is 0.182. The lowest BCUT2D eigenvalue weighted by molar-refractivity contribution is -0.122. The van der Waals surface area contributed by atoms with Crippen LogP contribution in [0.1, 0.15) is 39.3 Å². The van der Waals surface area contributed by atoms with Crippen LogP contribution < -0.4 is 4.90 Å². The van der Waals surface area contributed by atoms with Gasteiger partial charge in [-0.05, 0) is 77.6 Å². The first-order valence-corrected chi connectivity index (χ1v) is 13.7. The predicted molar refractivity (Wildman–Crippen MR) is 153 cm³/mol. The number of imide groups is 1. The molecule has 38 heavy (non-hydrogen) atoms. The minimum Gasteiger partial charge on any atom is -0.274 e. The van der Waals surface area contributed by atoms with E-state index in [0.717, 1.165) is 43.5 Å². The van der Waals surface area contributed by atoms with E-state index in [0.29, 0.717) is 5.69 Å². The molecule has 4 aromatic rings. The Kier molecular flexibility index (Phi) is 5.11. The highest BCUT2D eigenvalue weighted by atomic mass is 79.9. The molecule has 2 atom stereocenters. The number of aliphatic imine (C=N–C) groups is 1. The minimum atomic E-state index is -0.861. The van der Waals surface area contributed by atoms with E-state index in [4.69, 9.17) is 4.99 Å². The molecule has 8 rings (SSSR count). The Morgan fingerprint density at radius 1 is 0.789 bits per heavy atom. The SMILES string of the molecule is Cc1cccc(N=CC23c4ccccc4C(c4ccccc42)[C@@H]2C(=O)N(c4ccc(Br)cc4)C(=O)[C@@H]23)c1C. The summed E-state index contributed by atoms with van der Waals surface area (Å²) in [4.78, 5) is 35.1. The summed E-state index contributed by atoms with van der Waals surface area (Å²) < 4.78 is 0.898. The van der Waals surface area contributed by atoms with Crippen molar-refractivity contribution in [3.8, 4) is 0 Å². The van der Waals surface area contributed by atoms with E-state index in [9.17, 15) is 9.59 Å². The number of carbonyl (C=O) groups excluding carboxylic acids is 2. The summed E-state index contributed by atoms with van der Waals surface area (Å²) in [7, 11) is 0. The number of benzene rings is 4. The lowest BCUT2D eigenvalue weighted by Crippen LogP contribution is -2.54. The molecule has 0 aromatic heterocycles. The highest BCUT2D eigenvalue weighted by Crippen LogP contribution is 2.63. The van der Waals surface area contributed by atoms with Crippen LogP contribution in [0.4, 0.5) is 11.4 Å². The van der Waals surface area contributed by atoms with Crippen molar-refractivity contribution < 1.29 is 9.59 Å². The number of hydrogen-bond donors (Lipinski definition) is 0. The smallest absolute Gasteiger partial charge is 0.239 e. The number of aryl methyl sites for hydroxylation is 1. The molecule has 2 bridgehead atoms. The molecule has 0 radical (unpaired) electrons. The second kappa shape index (κ2) is 8.34. The van der Waals surface area contributed by atoms with Gasteiger partial charge in [-0.3, -0.25) is 14.6 Å². The Morgan fingerprint density at radius 3 is 2.08 bits per heavy atom. The summed E-state index contributed by atoms with van der Waals surface area (Å²) in [6, 6.07) is 30.1. The van der Waals surface area contributed by atoms with Crippen molar-refractivity contribution in [3.05, 3.63) is 129 Å². The highest BCUT2D eigenvalue weighted by molar-refractivity contribution is 9.10. The fourth-order valence-electron chi connectivity index (χ4n) is 6.94. The van der Waals surface area contributed by atoms with Crippen molar-refractivity contribution >= 4 is 45.3 Å². The summed E-state index contributed by atoms with van der Waals surface area (Å²) in [5.74, 6) is -1.56. The molecule has 2 amide bonds. The van der Waals surface area contributed by atoms with E-state index in [1.54, 1.807) is 0 Å². The van der Waals surface area contributed by atoms with Crippen LogP contribution >= 0.6 is 15.9 Å². The second-order valence-electron chi connectivity index (χ2n) is 10.5. The molecule has 3 aliphatic carbocycles. The molecule has 4 nitrogen and oxygen atoms in total. The van der Waals surface area contributed by atoms with Gasteiger partial charge in [-0.25, -0.2) is 4.90 Å². The van der Waals surface area contributed by atoms with Crippen LogP contribution in [0.25, 0.3) is 0 Å². The van der Waals surface area contributed by atoms with Crippen molar-refractivity contribution in [2.75, 3.05) is 4.90 Å². The van der Waals surface area contributed by atoms with Gasteiger partial charge in [0.1, 0.15) is 0 Å². The standard InChI is InChI=1S/C33H25BrN2O2/c1-19-8-7-13-27(20(19)2)35-18-33-25-11-5-3-9-23(25)28(24-10-4-6-12-26(24)33)29-30(33)32(38)36(31(29)37)22-16-14-21(34)15-17-22/h3-18,28-30H,1-2H3/t28?,29-,30+,33?/m0/s1. The van der Waals surface area contributed by atoms with E-state index >= 15 is 0 Å². The first-order valence-electron chi connectivity index (χ1n) is 12.9. The summed E-state index contributed by atoms with van der Waals surface area (Å²) >= 11 is 3.47. The molecule has 1 fully saturated rings. The summed E-state index contributed by atoms with van der Waals surface area (Å²) in [5.41, 5.74) is 7.24. The number of rotatable bonds is 3. The monoisotopic (exact) mass is 560 g/mol. The number of amides is 2. The molecule has 0 spiro atoms. The summed E-state index contributed by atoms with van der Waals surface area (Å²) in [5, 5.41) is 0. The number of nitrogens with zero attached hydrogens (tertiary/aromatic N) is 2. The molecule has 186 valence electrons. The Hall–Kier alpha value is -3.83. The molecule has 5 heteroatoms. The predicted octanol–water partition coefficient (Wildman–Crippen LogP) is 7.02. The Morgan fingerprint density at radius 2 is 1.42 bits per heavy atom. The largest absolute Gasteiger partial charge is 0.274 e. The third kappa shape index (κ3) is 2.99. The number of anilines is 1. The molecule has 1 heterocycles. The quantitative estimate of drug-likeness (QED) is 0.199. The van der Waals surface area contributed by atoms with Gasteiger partial charge in [0.2, 0.25) is 11.8 Å².